The van der Waals surface area contributed by atoms with Crippen LogP contribution in [0.25, 0.3) is 11.4 Å². The SMILES string of the molecule is Cc1c(/C(O)=C2\C(=O)C(=O)N(CCN3CCOCC3)[C@@H]2c2cccs2)cnn1-c1ccccc1. The molecule has 0 bridgehead atoms. The molecule has 1 atom stereocenters. The van der Waals surface area contributed by atoms with Gasteiger partial charge in [-0.3, -0.25) is 14.5 Å². The quantitative estimate of drug-likeness (QED) is 0.333. The molecule has 1 N–H and O–H groups in total. The predicted octanol–water partition coefficient (Wildman–Crippen LogP) is 3.00. The fraction of sp³-hybridized carbons (Fsp3) is 0.320. The van der Waals surface area contributed by atoms with Crippen LogP contribution in [0.15, 0.2) is 59.6 Å². The lowest BCUT2D eigenvalue weighted by molar-refractivity contribution is -0.140. The molecule has 0 unspecified atom stereocenters. The molecule has 2 fully saturated rings. The molecule has 0 aliphatic carbocycles. The zero-order chi connectivity index (χ0) is 23.7. The largest absolute Gasteiger partial charge is 0.507 e. The van der Waals surface area contributed by atoms with Gasteiger partial charge in [0.1, 0.15) is 5.76 Å². The van der Waals surface area contributed by atoms with Gasteiger partial charge in [-0.25, -0.2) is 4.68 Å². The van der Waals surface area contributed by atoms with E-state index in [0.29, 0.717) is 37.6 Å². The van der Waals surface area contributed by atoms with Gasteiger partial charge in [0.2, 0.25) is 0 Å². The van der Waals surface area contributed by atoms with Crippen LogP contribution in [0.3, 0.4) is 0 Å². The summed E-state index contributed by atoms with van der Waals surface area (Å²) in [6, 6.07) is 12.7. The van der Waals surface area contributed by atoms with Gasteiger partial charge in [0.15, 0.2) is 0 Å². The van der Waals surface area contributed by atoms with Gasteiger partial charge in [0, 0.05) is 31.1 Å². The fourth-order valence-corrected chi connectivity index (χ4v) is 5.39. The van der Waals surface area contributed by atoms with Gasteiger partial charge in [-0.1, -0.05) is 24.3 Å². The number of hydrogen-bond acceptors (Lipinski definition) is 7. The van der Waals surface area contributed by atoms with E-state index in [1.807, 2.05) is 54.8 Å². The molecule has 2 aliphatic heterocycles. The highest BCUT2D eigenvalue weighted by Gasteiger charge is 2.46. The second-order valence-electron chi connectivity index (χ2n) is 8.35. The van der Waals surface area contributed by atoms with Crippen LogP contribution >= 0.6 is 11.3 Å². The minimum Gasteiger partial charge on any atom is -0.507 e. The molecule has 0 radical (unpaired) electrons. The van der Waals surface area contributed by atoms with Gasteiger partial charge >= 0.3 is 0 Å². The number of morpholine rings is 1. The van der Waals surface area contributed by atoms with E-state index in [1.54, 1.807) is 15.8 Å². The van der Waals surface area contributed by atoms with E-state index < -0.39 is 17.7 Å². The van der Waals surface area contributed by atoms with E-state index in [2.05, 4.69) is 10.00 Å². The molecule has 8 nitrogen and oxygen atoms in total. The van der Waals surface area contributed by atoms with Gasteiger partial charge in [-0.2, -0.15) is 5.10 Å². The monoisotopic (exact) mass is 478 g/mol. The van der Waals surface area contributed by atoms with E-state index in [-0.39, 0.29) is 11.3 Å². The van der Waals surface area contributed by atoms with Crippen LogP contribution < -0.4 is 0 Å². The number of carbonyl (C=O) groups excluding carboxylic acids is 2. The lowest BCUT2D eigenvalue weighted by Crippen LogP contribution is -2.42. The molecule has 3 aromatic rings. The van der Waals surface area contributed by atoms with Crippen LogP contribution in [0.4, 0.5) is 0 Å². The summed E-state index contributed by atoms with van der Waals surface area (Å²) in [6.07, 6.45) is 1.55. The number of benzene rings is 1. The van der Waals surface area contributed by atoms with E-state index in [1.165, 1.54) is 11.3 Å². The molecule has 2 aromatic heterocycles. The number of aliphatic hydroxyl groups is 1. The summed E-state index contributed by atoms with van der Waals surface area (Å²) < 4.78 is 7.12. The van der Waals surface area contributed by atoms with Gasteiger partial charge in [-0.15, -0.1) is 11.3 Å². The molecule has 2 saturated heterocycles. The smallest absolute Gasteiger partial charge is 0.295 e. The number of aliphatic hydroxyl groups excluding tert-OH is 1. The fourth-order valence-electron chi connectivity index (χ4n) is 4.54. The molecular formula is C25H26N4O4S. The molecule has 34 heavy (non-hydrogen) atoms. The highest BCUT2D eigenvalue weighted by atomic mass is 32.1. The van der Waals surface area contributed by atoms with Crippen LogP contribution in [0, 0.1) is 6.92 Å². The highest BCUT2D eigenvalue weighted by Crippen LogP contribution is 2.41. The summed E-state index contributed by atoms with van der Waals surface area (Å²) in [6.45, 7) is 5.80. The summed E-state index contributed by atoms with van der Waals surface area (Å²) in [7, 11) is 0. The Hall–Kier alpha value is -3.27. The van der Waals surface area contributed by atoms with Gasteiger partial charge in [-0.05, 0) is 30.5 Å². The average Bonchev–Trinajstić information content (AvgIpc) is 3.58. The molecular weight excluding hydrogens is 452 g/mol. The summed E-state index contributed by atoms with van der Waals surface area (Å²) in [5.74, 6) is -1.43. The Balaban J connectivity index is 1.52. The highest BCUT2D eigenvalue weighted by molar-refractivity contribution is 7.10. The lowest BCUT2D eigenvalue weighted by atomic mass is 10.00. The van der Waals surface area contributed by atoms with Crippen LogP contribution in [0.1, 0.15) is 22.2 Å². The molecule has 176 valence electrons. The Morgan fingerprint density at radius 3 is 2.59 bits per heavy atom. The van der Waals surface area contributed by atoms with Crippen LogP contribution in [-0.4, -0.2) is 75.8 Å². The number of likely N-dealkylation sites (tertiary alicyclic amines) is 1. The molecule has 0 spiro atoms. The van der Waals surface area contributed by atoms with Gasteiger partial charge < -0.3 is 14.7 Å². The Morgan fingerprint density at radius 1 is 1.12 bits per heavy atom. The first-order chi connectivity index (χ1) is 16.6. The van der Waals surface area contributed by atoms with Crippen molar-refractivity contribution in [1.29, 1.82) is 0 Å². The van der Waals surface area contributed by atoms with Crippen molar-refractivity contribution in [1.82, 2.24) is 19.6 Å². The molecule has 4 heterocycles. The van der Waals surface area contributed by atoms with Crippen LogP contribution in [0.2, 0.25) is 0 Å². The van der Waals surface area contributed by atoms with Crippen LogP contribution in [0.5, 0.6) is 0 Å². The third-order valence-corrected chi connectivity index (χ3v) is 7.30. The second kappa shape index (κ2) is 9.54. The number of carbonyl (C=O) groups is 2. The van der Waals surface area contributed by atoms with E-state index in [0.717, 1.165) is 23.7 Å². The first kappa shape index (κ1) is 22.5. The lowest BCUT2D eigenvalue weighted by Gasteiger charge is -2.30. The Labute approximate surface area is 201 Å². The van der Waals surface area contributed by atoms with Crippen LogP contribution in [-0.2, 0) is 14.3 Å². The topological polar surface area (TPSA) is 87.9 Å². The minimum atomic E-state index is -0.662. The summed E-state index contributed by atoms with van der Waals surface area (Å²) in [4.78, 5) is 31.0. The first-order valence-corrected chi connectivity index (χ1v) is 12.2. The van der Waals surface area contributed by atoms with Crippen molar-refractivity contribution in [3.63, 3.8) is 0 Å². The number of nitrogens with zero attached hydrogens (tertiary/aromatic N) is 4. The molecule has 9 heteroatoms. The van der Waals surface area contributed by atoms with Gasteiger partial charge in [0.25, 0.3) is 11.7 Å². The Morgan fingerprint density at radius 2 is 1.88 bits per heavy atom. The maximum Gasteiger partial charge on any atom is 0.295 e. The number of rotatable bonds is 6. The third-order valence-electron chi connectivity index (χ3n) is 6.38. The summed E-state index contributed by atoms with van der Waals surface area (Å²) >= 11 is 1.47. The molecule has 5 rings (SSSR count). The van der Waals surface area contributed by atoms with Crippen molar-refractivity contribution in [3.05, 3.63) is 75.7 Å². The second-order valence-corrected chi connectivity index (χ2v) is 9.33. The Bertz CT molecular complexity index is 1210. The third kappa shape index (κ3) is 4.06. The van der Waals surface area contributed by atoms with E-state index in [4.69, 9.17) is 4.74 Å². The summed E-state index contributed by atoms with van der Waals surface area (Å²) in [5.41, 5.74) is 2.09. The maximum atomic E-state index is 13.2. The number of hydrogen-bond donors (Lipinski definition) is 1. The normalized spacial score (nSPS) is 20.9. The van der Waals surface area contributed by atoms with Gasteiger partial charge in [0.05, 0.1) is 48.0 Å². The number of amides is 1. The van der Waals surface area contributed by atoms with Crippen molar-refractivity contribution in [2.75, 3.05) is 39.4 Å². The van der Waals surface area contributed by atoms with E-state index in [9.17, 15) is 14.7 Å². The van der Waals surface area contributed by atoms with Crippen molar-refractivity contribution < 1.29 is 19.4 Å². The summed E-state index contributed by atoms with van der Waals surface area (Å²) in [5, 5.41) is 17.7. The number of thiophene rings is 1. The molecule has 2 aliphatic rings. The molecule has 0 saturated carbocycles. The number of Topliss-reactive ketones (excluding diaryl/α,β-unsaturated/α-hetero) is 1. The minimum absolute atomic E-state index is 0.116. The van der Waals surface area contributed by atoms with Crippen molar-refractivity contribution >= 4 is 28.8 Å². The van der Waals surface area contributed by atoms with Crippen molar-refractivity contribution in [2.24, 2.45) is 0 Å². The number of para-hydroxylation sites is 1. The molecule has 1 aromatic carbocycles. The zero-order valence-corrected chi connectivity index (χ0v) is 19.7. The standard InChI is InChI=1S/C25H26N4O4S/c1-17-19(16-26-29(17)18-6-3-2-4-7-18)23(30)21-22(20-8-5-15-34-20)28(25(32)24(21)31)10-9-27-11-13-33-14-12-27/h2-8,15-16,22,30H,9-14H2,1H3/b23-21+/t22-/m1/s1. The maximum absolute atomic E-state index is 13.2. The molecule has 1 amide bonds. The van der Waals surface area contributed by atoms with Crippen molar-refractivity contribution in [2.45, 2.75) is 13.0 Å². The zero-order valence-electron chi connectivity index (χ0n) is 18.9. The number of ether oxygens (including phenoxy) is 1. The van der Waals surface area contributed by atoms with E-state index >= 15 is 0 Å². The predicted molar refractivity (Wildman–Crippen MR) is 129 cm³/mol. The number of ketones is 1. The number of aromatic nitrogens is 2. The van der Waals surface area contributed by atoms with Crippen molar-refractivity contribution in [3.8, 4) is 5.69 Å². The first-order valence-electron chi connectivity index (χ1n) is 11.3. The Kier molecular flexibility index (Phi) is 6.32. The average molecular weight is 479 g/mol.